The van der Waals surface area contributed by atoms with E-state index in [2.05, 4.69) is 61.5 Å². The molecule has 2 saturated heterocycles. The normalized spacial score (nSPS) is 46.1. The predicted octanol–water partition coefficient (Wildman–Crippen LogP) is 6.01. The minimum absolute atomic E-state index is 0.0302. The Hall–Kier alpha value is -1.72. The smallest absolute Gasteiger partial charge is 0.338 e. The molecule has 7 aliphatic rings. The van der Waals surface area contributed by atoms with Gasteiger partial charge in [-0.05, 0) is 115 Å². The van der Waals surface area contributed by atoms with Crippen LogP contribution in [0.4, 0.5) is 0 Å². The maximum absolute atomic E-state index is 14.7. The molecular formula is C52H86O14. The molecule has 14 nitrogen and oxygen atoms in total. The fraction of sp³-hybridized carbons (Fsp3) is 0.923. The van der Waals surface area contributed by atoms with Crippen LogP contribution in [-0.4, -0.2) is 128 Å². The van der Waals surface area contributed by atoms with Crippen molar-refractivity contribution in [1.82, 2.24) is 0 Å². The largest absolute Gasteiger partial charge is 0.464 e. The van der Waals surface area contributed by atoms with Gasteiger partial charge in [0.25, 0.3) is 0 Å². The molecule has 0 amide bonds. The molecule has 14 heteroatoms. The van der Waals surface area contributed by atoms with E-state index in [0.717, 1.165) is 64.2 Å². The van der Waals surface area contributed by atoms with Crippen LogP contribution in [0.2, 0.25) is 0 Å². The van der Waals surface area contributed by atoms with Crippen molar-refractivity contribution in [1.29, 1.82) is 0 Å². The average Bonchev–Trinajstić information content (AvgIpc) is 3.26. The second-order valence-electron chi connectivity index (χ2n) is 24.0. The summed E-state index contributed by atoms with van der Waals surface area (Å²) >= 11 is 0. The van der Waals surface area contributed by atoms with Gasteiger partial charge in [0.05, 0.1) is 24.7 Å². The Balaban J connectivity index is 1.05. The van der Waals surface area contributed by atoms with Crippen molar-refractivity contribution in [2.24, 2.45) is 50.2 Å². The van der Waals surface area contributed by atoms with Crippen molar-refractivity contribution in [3.8, 4) is 0 Å². The number of rotatable bonds is 15. The first-order chi connectivity index (χ1) is 31.0. The first kappa shape index (κ1) is 52.1. The van der Waals surface area contributed by atoms with Gasteiger partial charge in [0, 0.05) is 0 Å². The molecule has 5 aliphatic carbocycles. The van der Waals surface area contributed by atoms with E-state index in [1.165, 1.54) is 31.3 Å². The van der Waals surface area contributed by atoms with E-state index in [4.69, 9.17) is 23.7 Å². The standard InChI is InChI=1S/C52H86O14/c1-9-10-11-12-13-14-15-16-27-62-43(60)42-39(57)38(56)41(59)45(65-42)64-35-20-21-49(6)33(48(35,4)5)19-22-51(8)34(49)18-17-30-31-28-47(2,3)23-25-52(31,26-24-50(30,51)7)46(61)66-44-40(58)37(55)36(54)32(29-53)63-44/h17,31-42,44-45,53-59H,9-16,18-29H2,1-8H3. The van der Waals surface area contributed by atoms with Gasteiger partial charge in [0.2, 0.25) is 6.29 Å². The second-order valence-corrected chi connectivity index (χ2v) is 24.0. The number of aliphatic hydroxyl groups is 7. The first-order valence-electron chi connectivity index (χ1n) is 25.8. The molecular weight excluding hydrogens is 849 g/mol. The highest BCUT2D eigenvalue weighted by molar-refractivity contribution is 5.79. The molecule has 6 fully saturated rings. The molecule has 2 heterocycles. The second kappa shape index (κ2) is 19.8. The van der Waals surface area contributed by atoms with Crippen molar-refractivity contribution >= 4 is 11.9 Å². The Morgan fingerprint density at radius 2 is 1.33 bits per heavy atom. The number of ether oxygens (including phenoxy) is 5. The lowest BCUT2D eigenvalue weighted by Gasteiger charge is -2.71. The Labute approximate surface area is 393 Å². The number of esters is 2. The molecule has 0 aromatic heterocycles. The Morgan fingerprint density at radius 1 is 0.697 bits per heavy atom. The van der Waals surface area contributed by atoms with Gasteiger partial charge in [0.15, 0.2) is 12.4 Å². The van der Waals surface area contributed by atoms with Crippen molar-refractivity contribution in [2.75, 3.05) is 13.2 Å². The van der Waals surface area contributed by atoms with Crippen molar-refractivity contribution in [3.05, 3.63) is 11.6 Å². The minimum Gasteiger partial charge on any atom is -0.464 e. The van der Waals surface area contributed by atoms with E-state index in [0.29, 0.717) is 31.6 Å². The summed E-state index contributed by atoms with van der Waals surface area (Å²) in [5.74, 6) is -0.796. The van der Waals surface area contributed by atoms with E-state index >= 15 is 0 Å². The molecule has 4 saturated carbocycles. The van der Waals surface area contributed by atoms with E-state index in [1.807, 2.05) is 0 Å². The fourth-order valence-electron chi connectivity index (χ4n) is 15.0. The number of carbonyl (C=O) groups is 2. The summed E-state index contributed by atoms with van der Waals surface area (Å²) in [7, 11) is 0. The third kappa shape index (κ3) is 9.10. The summed E-state index contributed by atoms with van der Waals surface area (Å²) in [6.07, 6.45) is 3.43. The molecule has 18 unspecified atom stereocenters. The van der Waals surface area contributed by atoms with Crippen molar-refractivity contribution in [2.45, 2.75) is 238 Å². The molecule has 7 N–H and O–H groups in total. The summed E-state index contributed by atoms with van der Waals surface area (Å²) in [5.41, 5.74) is -0.378. The highest BCUT2D eigenvalue weighted by Gasteiger charge is 2.70. The van der Waals surface area contributed by atoms with Crippen LogP contribution in [-0.2, 0) is 33.3 Å². The first-order valence-corrected chi connectivity index (χ1v) is 25.8. The van der Waals surface area contributed by atoms with Gasteiger partial charge >= 0.3 is 11.9 Å². The number of fused-ring (bicyclic) bond motifs is 7. The zero-order valence-electron chi connectivity index (χ0n) is 41.3. The van der Waals surface area contributed by atoms with Gasteiger partial charge in [-0.3, -0.25) is 4.79 Å². The molecule has 0 bridgehead atoms. The van der Waals surface area contributed by atoms with E-state index < -0.39 is 85.4 Å². The molecule has 0 spiro atoms. The van der Waals surface area contributed by atoms with Gasteiger partial charge in [-0.1, -0.05) is 112 Å². The van der Waals surface area contributed by atoms with Crippen LogP contribution in [0.25, 0.3) is 0 Å². The van der Waals surface area contributed by atoms with Crippen LogP contribution in [0.3, 0.4) is 0 Å². The van der Waals surface area contributed by atoms with E-state index in [9.17, 15) is 45.3 Å². The summed E-state index contributed by atoms with van der Waals surface area (Å²) in [4.78, 5) is 27.9. The average molecular weight is 935 g/mol. The molecule has 0 radical (unpaired) electrons. The minimum atomic E-state index is -1.67. The van der Waals surface area contributed by atoms with E-state index in [1.54, 1.807) is 0 Å². The molecule has 7 rings (SSSR count). The maximum atomic E-state index is 14.7. The molecule has 0 aromatic carbocycles. The quantitative estimate of drug-likeness (QED) is 0.0433. The lowest BCUT2D eigenvalue weighted by Crippen LogP contribution is -2.66. The summed E-state index contributed by atoms with van der Waals surface area (Å²) < 4.78 is 29.9. The van der Waals surface area contributed by atoms with Crippen molar-refractivity contribution < 1.29 is 69.0 Å². The van der Waals surface area contributed by atoms with Crippen LogP contribution in [0.1, 0.15) is 171 Å². The molecule has 66 heavy (non-hydrogen) atoms. The number of hydrogen-bond acceptors (Lipinski definition) is 14. The summed E-state index contributed by atoms with van der Waals surface area (Å²) in [6.45, 7) is 18.1. The molecule has 18 atom stereocenters. The van der Waals surface area contributed by atoms with Crippen LogP contribution in [0.15, 0.2) is 11.6 Å². The number of hydrogen-bond donors (Lipinski definition) is 7. The monoisotopic (exact) mass is 935 g/mol. The highest BCUT2D eigenvalue weighted by atomic mass is 16.7. The lowest BCUT2D eigenvalue weighted by molar-refractivity contribution is -0.324. The summed E-state index contributed by atoms with van der Waals surface area (Å²) in [5, 5.41) is 74.6. The predicted molar refractivity (Wildman–Crippen MR) is 244 cm³/mol. The lowest BCUT2D eigenvalue weighted by atomic mass is 9.33. The van der Waals surface area contributed by atoms with Crippen LogP contribution in [0.5, 0.6) is 0 Å². The van der Waals surface area contributed by atoms with Gasteiger partial charge in [-0.25, -0.2) is 4.79 Å². The third-order valence-corrected chi connectivity index (χ3v) is 19.4. The Bertz CT molecular complexity index is 1730. The number of unbranched alkanes of at least 4 members (excludes halogenated alkanes) is 7. The van der Waals surface area contributed by atoms with Crippen LogP contribution < -0.4 is 0 Å². The SMILES string of the molecule is CCCCCCCCCCOC(=O)C1OC(OC2CCC3(C)C(CCC4(C)C3CC=C3C5CC(C)(C)CCC5(C(=O)OC5OC(CO)C(O)C(O)C5O)CCC34C)C2(C)C)C(O)C(O)C1O. The zero-order valence-corrected chi connectivity index (χ0v) is 41.3. The molecule has 0 aromatic rings. The Kier molecular flexibility index (Phi) is 15.7. The van der Waals surface area contributed by atoms with Crippen molar-refractivity contribution in [3.63, 3.8) is 0 Å². The van der Waals surface area contributed by atoms with Gasteiger partial charge in [-0.2, -0.15) is 0 Å². The third-order valence-electron chi connectivity index (χ3n) is 19.4. The number of aliphatic hydroxyl groups excluding tert-OH is 7. The zero-order chi connectivity index (χ0) is 48.2. The van der Waals surface area contributed by atoms with E-state index in [-0.39, 0.29) is 51.6 Å². The maximum Gasteiger partial charge on any atom is 0.338 e. The van der Waals surface area contributed by atoms with Gasteiger partial charge in [-0.15, -0.1) is 0 Å². The molecule has 2 aliphatic heterocycles. The molecule has 378 valence electrons. The number of carbonyl (C=O) groups excluding carboxylic acids is 2. The number of allylic oxidation sites excluding steroid dienone is 2. The van der Waals surface area contributed by atoms with Crippen LogP contribution in [0, 0.1) is 50.2 Å². The van der Waals surface area contributed by atoms with Crippen LogP contribution >= 0.6 is 0 Å². The fourth-order valence-corrected chi connectivity index (χ4v) is 15.0. The van der Waals surface area contributed by atoms with Gasteiger partial charge in [0.1, 0.15) is 42.7 Å². The topological polar surface area (TPSA) is 222 Å². The summed E-state index contributed by atoms with van der Waals surface area (Å²) in [6, 6.07) is 0. The highest BCUT2D eigenvalue weighted by Crippen LogP contribution is 2.76. The Morgan fingerprint density at radius 3 is 2.02 bits per heavy atom. The van der Waals surface area contributed by atoms with Gasteiger partial charge < -0.3 is 59.4 Å².